The molecule has 1 rings (SSSR count). The van der Waals surface area contributed by atoms with Crippen LogP contribution in [0.3, 0.4) is 0 Å². The number of aliphatic imine (C=N–C) groups is 1. The normalized spacial score (nSPS) is 13.5. The van der Waals surface area contributed by atoms with E-state index in [1.54, 1.807) is 0 Å². The largest absolute Gasteiger partial charge is 0.293 e. The fraction of sp³-hybridized carbons (Fsp3) is 0.500. The van der Waals surface area contributed by atoms with E-state index < -0.39 is 0 Å². The van der Waals surface area contributed by atoms with Crippen LogP contribution in [-0.2, 0) is 0 Å². The van der Waals surface area contributed by atoms with E-state index in [4.69, 9.17) is 0 Å². The molecule has 0 aliphatic carbocycles. The van der Waals surface area contributed by atoms with Gasteiger partial charge in [-0.05, 0) is 19.4 Å². The van der Waals surface area contributed by atoms with Gasteiger partial charge in [0, 0.05) is 18.3 Å². The molecule has 1 aliphatic heterocycles. The van der Waals surface area contributed by atoms with Gasteiger partial charge in [0.25, 0.3) is 0 Å². The summed E-state index contributed by atoms with van der Waals surface area (Å²) >= 11 is 0. The highest BCUT2D eigenvalue weighted by Crippen LogP contribution is 2.02. The van der Waals surface area contributed by atoms with Crippen molar-refractivity contribution in [2.75, 3.05) is 6.54 Å². The summed E-state index contributed by atoms with van der Waals surface area (Å²) in [5.41, 5.74) is 1.20. The van der Waals surface area contributed by atoms with Crippen LogP contribution in [-0.4, -0.2) is 12.8 Å². The van der Waals surface area contributed by atoms with Gasteiger partial charge in [-0.1, -0.05) is 19.8 Å². The van der Waals surface area contributed by atoms with Gasteiger partial charge in [-0.15, -0.1) is 5.92 Å². The standard InChI is InChI=1S/C8H9N.C2H6/c1-2-3-8-4-6-9-7-5-8;1-2/h4,6H,5,7H2,1H3;1-2H3. The molecule has 0 bridgehead atoms. The Morgan fingerprint density at radius 3 is 2.64 bits per heavy atom. The third kappa shape index (κ3) is 4.38. The van der Waals surface area contributed by atoms with Gasteiger partial charge in [0.1, 0.15) is 0 Å². The number of dihydropyridines is 1. The Labute approximate surface area is 69.2 Å². The molecule has 1 heteroatoms. The maximum absolute atomic E-state index is 4.04. The van der Waals surface area contributed by atoms with E-state index >= 15 is 0 Å². The zero-order valence-electron chi connectivity index (χ0n) is 7.52. The molecule has 1 nitrogen and oxygen atoms in total. The molecular weight excluding hydrogens is 134 g/mol. The zero-order chi connectivity index (χ0) is 8.53. The predicted octanol–water partition coefficient (Wildman–Crippen LogP) is 2.44. The monoisotopic (exact) mass is 149 g/mol. The van der Waals surface area contributed by atoms with E-state index in [1.165, 1.54) is 5.57 Å². The molecule has 0 N–H and O–H groups in total. The molecule has 0 amide bonds. The van der Waals surface area contributed by atoms with Gasteiger partial charge in [-0.25, -0.2) is 0 Å². The van der Waals surface area contributed by atoms with Gasteiger partial charge in [-0.3, -0.25) is 4.99 Å². The second kappa shape index (κ2) is 7.08. The summed E-state index contributed by atoms with van der Waals surface area (Å²) in [6.07, 6.45) is 4.81. The van der Waals surface area contributed by atoms with Gasteiger partial charge in [0.05, 0.1) is 0 Å². The number of allylic oxidation sites excluding steroid dienone is 1. The van der Waals surface area contributed by atoms with Gasteiger partial charge in [0.2, 0.25) is 0 Å². The van der Waals surface area contributed by atoms with Crippen LogP contribution in [0.1, 0.15) is 27.2 Å². The average Bonchev–Trinajstić information content (AvgIpc) is 2.11. The minimum atomic E-state index is 0.903. The van der Waals surface area contributed by atoms with Crippen LogP contribution in [0, 0.1) is 11.8 Å². The van der Waals surface area contributed by atoms with E-state index in [0.29, 0.717) is 0 Å². The predicted molar refractivity (Wildman–Crippen MR) is 50.9 cm³/mol. The zero-order valence-corrected chi connectivity index (χ0v) is 7.52. The van der Waals surface area contributed by atoms with Crippen molar-refractivity contribution in [2.45, 2.75) is 27.2 Å². The molecule has 1 heterocycles. The lowest BCUT2D eigenvalue weighted by Crippen LogP contribution is -1.91. The van der Waals surface area contributed by atoms with Gasteiger partial charge < -0.3 is 0 Å². The lowest BCUT2D eigenvalue weighted by Gasteiger charge is -1.98. The summed E-state index contributed by atoms with van der Waals surface area (Å²) in [6, 6.07) is 0. The molecule has 0 atom stereocenters. The van der Waals surface area contributed by atoms with Crippen LogP contribution >= 0.6 is 0 Å². The van der Waals surface area contributed by atoms with Crippen molar-refractivity contribution in [1.82, 2.24) is 0 Å². The number of nitrogens with zero attached hydrogens (tertiary/aromatic N) is 1. The molecule has 0 spiro atoms. The molecule has 0 saturated carbocycles. The fourth-order valence-electron chi connectivity index (χ4n) is 0.750. The number of rotatable bonds is 0. The van der Waals surface area contributed by atoms with Crippen LogP contribution in [0.25, 0.3) is 0 Å². The summed E-state index contributed by atoms with van der Waals surface area (Å²) in [6.45, 7) is 6.76. The first-order valence-electron chi connectivity index (χ1n) is 4.05. The highest BCUT2D eigenvalue weighted by atomic mass is 14.7. The summed E-state index contributed by atoms with van der Waals surface area (Å²) in [5, 5.41) is 0. The molecular formula is C10H15N. The topological polar surface area (TPSA) is 12.4 Å². The molecule has 0 radical (unpaired) electrons. The van der Waals surface area contributed by atoms with Gasteiger partial charge >= 0.3 is 0 Å². The first-order valence-corrected chi connectivity index (χ1v) is 4.05. The first-order chi connectivity index (χ1) is 5.43. The van der Waals surface area contributed by atoms with Crippen molar-refractivity contribution in [3.05, 3.63) is 11.6 Å². The van der Waals surface area contributed by atoms with Crippen LogP contribution in [0.5, 0.6) is 0 Å². The summed E-state index contributed by atoms with van der Waals surface area (Å²) in [4.78, 5) is 4.04. The third-order valence-electron chi connectivity index (χ3n) is 1.18. The molecule has 11 heavy (non-hydrogen) atoms. The number of hydrogen-bond donors (Lipinski definition) is 0. The maximum Gasteiger partial charge on any atom is 0.0435 e. The molecule has 0 fully saturated rings. The Kier molecular flexibility index (Phi) is 6.42. The summed E-state index contributed by atoms with van der Waals surface area (Å²) < 4.78 is 0. The van der Waals surface area contributed by atoms with Crippen molar-refractivity contribution in [3.8, 4) is 11.8 Å². The van der Waals surface area contributed by atoms with Gasteiger partial charge in [-0.2, -0.15) is 0 Å². The molecule has 1 aliphatic rings. The summed E-state index contributed by atoms with van der Waals surface area (Å²) in [5.74, 6) is 5.86. The molecule has 0 aromatic carbocycles. The van der Waals surface area contributed by atoms with E-state index in [1.807, 2.05) is 33.1 Å². The lowest BCUT2D eigenvalue weighted by atomic mass is 10.1. The Bertz CT molecular complexity index is 201. The smallest absolute Gasteiger partial charge is 0.0435 e. The highest BCUT2D eigenvalue weighted by Gasteiger charge is 1.93. The van der Waals surface area contributed by atoms with Crippen LogP contribution in [0.15, 0.2) is 16.6 Å². The third-order valence-corrected chi connectivity index (χ3v) is 1.18. The van der Waals surface area contributed by atoms with E-state index in [9.17, 15) is 0 Å². The van der Waals surface area contributed by atoms with Crippen molar-refractivity contribution in [3.63, 3.8) is 0 Å². The Balaban J connectivity index is 0.000000461. The second-order valence-corrected chi connectivity index (χ2v) is 1.87. The van der Waals surface area contributed by atoms with Crippen LogP contribution in [0.2, 0.25) is 0 Å². The van der Waals surface area contributed by atoms with Crippen molar-refractivity contribution in [1.29, 1.82) is 0 Å². The Morgan fingerprint density at radius 1 is 1.45 bits per heavy atom. The SMILES string of the molecule is CC.CC#CC1=CC=NCC1. The molecule has 0 aromatic heterocycles. The van der Waals surface area contributed by atoms with E-state index in [2.05, 4.69) is 16.8 Å². The summed E-state index contributed by atoms with van der Waals surface area (Å²) in [7, 11) is 0. The molecule has 0 saturated heterocycles. The maximum atomic E-state index is 4.04. The van der Waals surface area contributed by atoms with E-state index in [0.717, 1.165) is 13.0 Å². The minimum absolute atomic E-state index is 0.903. The molecule has 0 unspecified atom stereocenters. The quantitative estimate of drug-likeness (QED) is 0.469. The Morgan fingerprint density at radius 2 is 2.18 bits per heavy atom. The van der Waals surface area contributed by atoms with Gasteiger partial charge in [0.15, 0.2) is 0 Å². The van der Waals surface area contributed by atoms with Crippen molar-refractivity contribution in [2.24, 2.45) is 4.99 Å². The van der Waals surface area contributed by atoms with E-state index in [-0.39, 0.29) is 0 Å². The number of hydrogen-bond acceptors (Lipinski definition) is 1. The van der Waals surface area contributed by atoms with Crippen LogP contribution < -0.4 is 0 Å². The van der Waals surface area contributed by atoms with Crippen molar-refractivity contribution < 1.29 is 0 Å². The Hall–Kier alpha value is -1.03. The minimum Gasteiger partial charge on any atom is -0.293 e. The van der Waals surface area contributed by atoms with Crippen molar-refractivity contribution >= 4 is 6.21 Å². The molecule has 0 aromatic rings. The lowest BCUT2D eigenvalue weighted by molar-refractivity contribution is 0.973. The first kappa shape index (κ1) is 9.97. The molecule has 60 valence electrons. The second-order valence-electron chi connectivity index (χ2n) is 1.87. The highest BCUT2D eigenvalue weighted by molar-refractivity contribution is 5.74. The van der Waals surface area contributed by atoms with Crippen LogP contribution in [0.4, 0.5) is 0 Å². The fourth-order valence-corrected chi connectivity index (χ4v) is 0.750. The average molecular weight is 149 g/mol.